The van der Waals surface area contributed by atoms with Crippen LogP contribution in [0.15, 0.2) is 28.7 Å². The smallest absolute Gasteiger partial charge is 0.290 e. The number of likely N-dealkylation sites (tertiary alicyclic amines) is 1. The van der Waals surface area contributed by atoms with Crippen molar-refractivity contribution in [3.63, 3.8) is 0 Å². The number of para-hydroxylation sites is 1. The van der Waals surface area contributed by atoms with E-state index < -0.39 is 0 Å². The Morgan fingerprint density at radius 1 is 1.17 bits per heavy atom. The maximum Gasteiger partial charge on any atom is 0.290 e. The largest absolute Gasteiger partial charge is 0.451 e. The minimum Gasteiger partial charge on any atom is -0.451 e. The average Bonchev–Trinajstić information content (AvgIpc) is 3.39. The lowest BCUT2D eigenvalue weighted by Gasteiger charge is -2.38. The molecule has 2 fully saturated rings. The van der Waals surface area contributed by atoms with Gasteiger partial charge in [0.05, 0.1) is 0 Å². The summed E-state index contributed by atoms with van der Waals surface area (Å²) in [6, 6.07) is 8.72. The Bertz CT molecular complexity index is 739. The lowest BCUT2D eigenvalue weighted by atomic mass is 10.0. The van der Waals surface area contributed by atoms with Gasteiger partial charge in [-0.15, -0.1) is 0 Å². The summed E-state index contributed by atoms with van der Waals surface area (Å²) < 4.78 is 5.95. The van der Waals surface area contributed by atoms with Crippen LogP contribution in [0.2, 0.25) is 0 Å². The SMILES string of the molecule is CCN1CCC(N(C(=O)c2oc3ccccc3c2C)C2CC2)CC1. The second kappa shape index (κ2) is 6.25. The van der Waals surface area contributed by atoms with Crippen molar-refractivity contribution in [1.82, 2.24) is 9.80 Å². The predicted octanol–water partition coefficient (Wildman–Crippen LogP) is 3.83. The van der Waals surface area contributed by atoms with E-state index in [4.69, 9.17) is 4.42 Å². The van der Waals surface area contributed by atoms with Crippen molar-refractivity contribution in [1.29, 1.82) is 0 Å². The van der Waals surface area contributed by atoms with Crippen LogP contribution in [-0.4, -0.2) is 47.4 Å². The quantitative estimate of drug-likeness (QED) is 0.857. The number of hydrogen-bond donors (Lipinski definition) is 0. The first-order chi connectivity index (χ1) is 11.7. The molecular formula is C20H26N2O2. The third-order valence-electron chi connectivity index (χ3n) is 5.61. The van der Waals surface area contributed by atoms with Crippen molar-refractivity contribution in [2.24, 2.45) is 0 Å². The second-order valence-electron chi connectivity index (χ2n) is 7.16. The molecule has 24 heavy (non-hydrogen) atoms. The van der Waals surface area contributed by atoms with E-state index in [-0.39, 0.29) is 5.91 Å². The second-order valence-corrected chi connectivity index (χ2v) is 7.16. The van der Waals surface area contributed by atoms with E-state index in [1.165, 1.54) is 0 Å². The third-order valence-corrected chi connectivity index (χ3v) is 5.61. The van der Waals surface area contributed by atoms with Crippen molar-refractivity contribution >= 4 is 16.9 Å². The van der Waals surface area contributed by atoms with Gasteiger partial charge < -0.3 is 14.2 Å². The normalized spacial score (nSPS) is 19.8. The van der Waals surface area contributed by atoms with Crippen LogP contribution >= 0.6 is 0 Å². The van der Waals surface area contributed by atoms with Crippen LogP contribution < -0.4 is 0 Å². The molecular weight excluding hydrogens is 300 g/mol. The fraction of sp³-hybridized carbons (Fsp3) is 0.550. The van der Waals surface area contributed by atoms with Crippen molar-refractivity contribution < 1.29 is 9.21 Å². The maximum absolute atomic E-state index is 13.3. The molecule has 1 aliphatic heterocycles. The molecule has 1 aromatic carbocycles. The molecule has 0 unspecified atom stereocenters. The van der Waals surface area contributed by atoms with Gasteiger partial charge in [0.15, 0.2) is 5.76 Å². The molecule has 4 rings (SSSR count). The molecule has 4 heteroatoms. The first-order valence-electron chi connectivity index (χ1n) is 9.22. The Balaban J connectivity index is 1.61. The van der Waals surface area contributed by atoms with E-state index in [0.717, 1.165) is 61.9 Å². The summed E-state index contributed by atoms with van der Waals surface area (Å²) in [6.45, 7) is 7.51. The average molecular weight is 326 g/mol. The molecule has 1 saturated carbocycles. The maximum atomic E-state index is 13.3. The number of carbonyl (C=O) groups is 1. The molecule has 0 spiro atoms. The molecule has 0 radical (unpaired) electrons. The highest BCUT2D eigenvalue weighted by Gasteiger charge is 2.40. The molecule has 1 amide bonds. The number of benzene rings is 1. The van der Waals surface area contributed by atoms with Gasteiger partial charge in [0, 0.05) is 36.1 Å². The number of furan rings is 1. The Hall–Kier alpha value is -1.81. The standard InChI is InChI=1S/C20H26N2O2/c1-3-21-12-10-16(11-13-21)22(15-8-9-15)20(23)19-14(2)17-6-4-5-7-18(17)24-19/h4-7,15-16H,3,8-13H2,1-2H3. The number of carbonyl (C=O) groups excluding carboxylic acids is 1. The van der Waals surface area contributed by atoms with E-state index in [9.17, 15) is 4.79 Å². The number of rotatable bonds is 4. The van der Waals surface area contributed by atoms with E-state index in [2.05, 4.69) is 16.7 Å². The van der Waals surface area contributed by atoms with Crippen LogP contribution in [0.3, 0.4) is 0 Å². The molecule has 0 atom stereocenters. The van der Waals surface area contributed by atoms with E-state index in [1.54, 1.807) is 0 Å². The molecule has 128 valence electrons. The van der Waals surface area contributed by atoms with Crippen molar-refractivity contribution in [2.45, 2.75) is 51.6 Å². The molecule has 2 heterocycles. The molecule has 1 aliphatic carbocycles. The highest BCUT2D eigenvalue weighted by atomic mass is 16.3. The fourth-order valence-electron chi connectivity index (χ4n) is 3.99. The summed E-state index contributed by atoms with van der Waals surface area (Å²) in [6.07, 6.45) is 4.43. The molecule has 4 nitrogen and oxygen atoms in total. The molecule has 1 aromatic heterocycles. The first-order valence-corrected chi connectivity index (χ1v) is 9.22. The number of nitrogens with zero attached hydrogens (tertiary/aromatic N) is 2. The number of aryl methyl sites for hydroxylation is 1. The highest BCUT2D eigenvalue weighted by molar-refractivity contribution is 5.99. The van der Waals surface area contributed by atoms with E-state index >= 15 is 0 Å². The lowest BCUT2D eigenvalue weighted by molar-refractivity contribution is 0.0525. The minimum absolute atomic E-state index is 0.0983. The monoisotopic (exact) mass is 326 g/mol. The summed E-state index contributed by atoms with van der Waals surface area (Å²) in [5.74, 6) is 0.641. The van der Waals surface area contributed by atoms with Gasteiger partial charge >= 0.3 is 0 Å². The number of hydrogen-bond acceptors (Lipinski definition) is 3. The molecule has 2 aromatic rings. The summed E-state index contributed by atoms with van der Waals surface area (Å²) in [4.78, 5) is 17.9. The van der Waals surface area contributed by atoms with Gasteiger partial charge in [-0.25, -0.2) is 0 Å². The zero-order valence-corrected chi connectivity index (χ0v) is 14.6. The minimum atomic E-state index is 0.0983. The van der Waals surface area contributed by atoms with Gasteiger partial charge in [-0.2, -0.15) is 0 Å². The zero-order chi connectivity index (χ0) is 16.7. The van der Waals surface area contributed by atoms with Crippen LogP contribution in [-0.2, 0) is 0 Å². The van der Waals surface area contributed by atoms with Crippen LogP contribution in [0.25, 0.3) is 11.0 Å². The summed E-state index contributed by atoms with van der Waals surface area (Å²) in [5, 5.41) is 1.05. The Morgan fingerprint density at radius 3 is 2.46 bits per heavy atom. The number of piperidine rings is 1. The number of amides is 1. The van der Waals surface area contributed by atoms with E-state index in [0.29, 0.717) is 17.8 Å². The van der Waals surface area contributed by atoms with Crippen LogP contribution in [0, 0.1) is 6.92 Å². The Labute approximate surface area is 143 Å². The van der Waals surface area contributed by atoms with E-state index in [1.807, 2.05) is 31.2 Å². The van der Waals surface area contributed by atoms with Gasteiger partial charge in [0.1, 0.15) is 5.58 Å². The number of fused-ring (bicyclic) bond motifs is 1. The fourth-order valence-corrected chi connectivity index (χ4v) is 3.99. The van der Waals surface area contributed by atoms with Gasteiger partial charge in [-0.05, 0) is 45.2 Å². The zero-order valence-electron chi connectivity index (χ0n) is 14.6. The summed E-state index contributed by atoms with van der Waals surface area (Å²) >= 11 is 0. The molecule has 1 saturated heterocycles. The van der Waals surface area contributed by atoms with Gasteiger partial charge in [0.2, 0.25) is 0 Å². The van der Waals surface area contributed by atoms with Crippen LogP contribution in [0.5, 0.6) is 0 Å². The first kappa shape index (κ1) is 15.7. The van der Waals surface area contributed by atoms with Crippen molar-refractivity contribution in [3.8, 4) is 0 Å². The van der Waals surface area contributed by atoms with Gasteiger partial charge in [-0.1, -0.05) is 25.1 Å². The highest BCUT2D eigenvalue weighted by Crippen LogP contribution is 2.35. The van der Waals surface area contributed by atoms with Crippen molar-refractivity contribution in [2.75, 3.05) is 19.6 Å². The van der Waals surface area contributed by atoms with Gasteiger partial charge in [0.25, 0.3) is 5.91 Å². The van der Waals surface area contributed by atoms with Crippen molar-refractivity contribution in [3.05, 3.63) is 35.6 Å². The molecule has 0 bridgehead atoms. The molecule has 0 N–H and O–H groups in total. The Kier molecular flexibility index (Phi) is 4.09. The van der Waals surface area contributed by atoms with Crippen LogP contribution in [0.4, 0.5) is 0 Å². The van der Waals surface area contributed by atoms with Gasteiger partial charge in [-0.3, -0.25) is 4.79 Å². The summed E-state index contributed by atoms with van der Waals surface area (Å²) in [7, 11) is 0. The summed E-state index contributed by atoms with van der Waals surface area (Å²) in [5.41, 5.74) is 1.79. The predicted molar refractivity (Wildman–Crippen MR) is 95.3 cm³/mol. The lowest BCUT2D eigenvalue weighted by Crippen LogP contribution is -2.48. The topological polar surface area (TPSA) is 36.7 Å². The Morgan fingerprint density at radius 2 is 1.83 bits per heavy atom. The van der Waals surface area contributed by atoms with Crippen LogP contribution in [0.1, 0.15) is 48.7 Å². The molecule has 2 aliphatic rings. The third kappa shape index (κ3) is 2.73.